The molecule has 0 aromatic carbocycles. The highest BCUT2D eigenvalue weighted by Gasteiger charge is 2.13. The molecule has 2 nitrogen and oxygen atoms in total. The van der Waals surface area contributed by atoms with Crippen molar-refractivity contribution in [1.82, 2.24) is 0 Å². The van der Waals surface area contributed by atoms with Gasteiger partial charge in [0, 0.05) is 0 Å². The number of ether oxygens (including phenoxy) is 1. The molecule has 0 heterocycles. The third-order valence-electron chi connectivity index (χ3n) is 4.06. The normalized spacial score (nSPS) is 12.6. The van der Waals surface area contributed by atoms with E-state index in [1.807, 2.05) is 6.92 Å². The van der Waals surface area contributed by atoms with Crippen molar-refractivity contribution in [1.29, 1.82) is 0 Å². The molecule has 0 bridgehead atoms. The molecule has 0 N–H and O–H groups in total. The van der Waals surface area contributed by atoms with Crippen LogP contribution in [0.3, 0.4) is 0 Å². The van der Waals surface area contributed by atoms with Crippen molar-refractivity contribution >= 4 is 5.97 Å². The standard InChI is InChI=1S/C19H38O2/c1-5-6-7-8-12-15-18(4)19(20)21-16-13-10-9-11-14-17(2)3/h17-18H,5-16H2,1-4H3. The Morgan fingerprint density at radius 2 is 1.38 bits per heavy atom. The lowest BCUT2D eigenvalue weighted by molar-refractivity contribution is -0.148. The topological polar surface area (TPSA) is 26.3 Å². The largest absolute Gasteiger partial charge is 0.465 e. The molecule has 0 saturated heterocycles. The Hall–Kier alpha value is -0.530. The van der Waals surface area contributed by atoms with Crippen molar-refractivity contribution in [3.63, 3.8) is 0 Å². The number of carbonyl (C=O) groups is 1. The molecule has 0 saturated carbocycles. The van der Waals surface area contributed by atoms with E-state index in [4.69, 9.17) is 4.74 Å². The number of hydrogen-bond acceptors (Lipinski definition) is 2. The van der Waals surface area contributed by atoms with E-state index in [2.05, 4.69) is 20.8 Å². The third kappa shape index (κ3) is 14.2. The maximum atomic E-state index is 11.8. The fourth-order valence-corrected chi connectivity index (χ4v) is 2.50. The Bertz CT molecular complexity index is 236. The summed E-state index contributed by atoms with van der Waals surface area (Å²) in [6.45, 7) is 9.38. The smallest absolute Gasteiger partial charge is 0.308 e. The minimum atomic E-state index is 0.00710. The SMILES string of the molecule is CCCCCCCC(C)C(=O)OCCCCCCC(C)C. The summed E-state index contributed by atoms with van der Waals surface area (Å²) < 4.78 is 5.37. The minimum Gasteiger partial charge on any atom is -0.465 e. The van der Waals surface area contributed by atoms with Gasteiger partial charge in [0.25, 0.3) is 0 Å². The second-order valence-corrected chi connectivity index (χ2v) is 6.87. The van der Waals surface area contributed by atoms with Crippen LogP contribution in [0.15, 0.2) is 0 Å². The first-order chi connectivity index (χ1) is 10.1. The van der Waals surface area contributed by atoms with Gasteiger partial charge < -0.3 is 4.74 Å². The van der Waals surface area contributed by atoms with E-state index in [0.29, 0.717) is 6.61 Å². The van der Waals surface area contributed by atoms with Crippen molar-refractivity contribution in [3.05, 3.63) is 0 Å². The molecule has 0 fully saturated rings. The molecule has 0 aliphatic rings. The van der Waals surface area contributed by atoms with E-state index in [9.17, 15) is 4.79 Å². The molecule has 0 radical (unpaired) electrons. The van der Waals surface area contributed by atoms with Gasteiger partial charge in [-0.25, -0.2) is 0 Å². The van der Waals surface area contributed by atoms with Crippen LogP contribution in [-0.2, 0) is 9.53 Å². The van der Waals surface area contributed by atoms with E-state index in [1.54, 1.807) is 0 Å². The molecule has 0 amide bonds. The molecule has 0 rings (SSSR count). The third-order valence-corrected chi connectivity index (χ3v) is 4.06. The summed E-state index contributed by atoms with van der Waals surface area (Å²) in [5, 5.41) is 0. The van der Waals surface area contributed by atoms with E-state index < -0.39 is 0 Å². The Balaban J connectivity index is 3.39. The summed E-state index contributed by atoms with van der Waals surface area (Å²) in [6, 6.07) is 0. The van der Waals surface area contributed by atoms with Gasteiger partial charge in [0.05, 0.1) is 12.5 Å². The summed E-state index contributed by atoms with van der Waals surface area (Å²) in [5.41, 5.74) is 0. The van der Waals surface area contributed by atoms with Crippen molar-refractivity contribution in [2.75, 3.05) is 6.61 Å². The number of hydrogen-bond donors (Lipinski definition) is 0. The van der Waals surface area contributed by atoms with Gasteiger partial charge in [-0.15, -0.1) is 0 Å². The molecule has 21 heavy (non-hydrogen) atoms. The summed E-state index contributed by atoms with van der Waals surface area (Å²) in [6.07, 6.45) is 13.4. The monoisotopic (exact) mass is 298 g/mol. The van der Waals surface area contributed by atoms with Gasteiger partial charge >= 0.3 is 5.97 Å². The highest BCUT2D eigenvalue weighted by atomic mass is 16.5. The van der Waals surface area contributed by atoms with Crippen LogP contribution in [0.1, 0.15) is 98.3 Å². The molecule has 2 heteroatoms. The van der Waals surface area contributed by atoms with Gasteiger partial charge in [0.15, 0.2) is 0 Å². The minimum absolute atomic E-state index is 0.00710. The second kappa shape index (κ2) is 14.4. The maximum absolute atomic E-state index is 11.8. The zero-order valence-corrected chi connectivity index (χ0v) is 15.0. The fraction of sp³-hybridized carbons (Fsp3) is 0.947. The Kier molecular flexibility index (Phi) is 14.0. The number of rotatable bonds is 14. The number of unbranched alkanes of at least 4 members (excludes halogenated alkanes) is 7. The lowest BCUT2D eigenvalue weighted by atomic mass is 10.0. The predicted molar refractivity (Wildman–Crippen MR) is 91.4 cm³/mol. The number of carbonyl (C=O) groups excluding carboxylic acids is 1. The summed E-state index contributed by atoms with van der Waals surface area (Å²) >= 11 is 0. The van der Waals surface area contributed by atoms with Gasteiger partial charge in [-0.1, -0.05) is 85.5 Å². The Morgan fingerprint density at radius 1 is 0.810 bits per heavy atom. The van der Waals surface area contributed by atoms with Crippen LogP contribution in [0, 0.1) is 11.8 Å². The molecular formula is C19H38O2. The average Bonchev–Trinajstić information content (AvgIpc) is 2.45. The van der Waals surface area contributed by atoms with Crippen LogP contribution < -0.4 is 0 Å². The molecule has 0 spiro atoms. The molecule has 1 unspecified atom stereocenters. The van der Waals surface area contributed by atoms with Gasteiger partial charge in [-0.05, 0) is 18.8 Å². The first-order valence-electron chi connectivity index (χ1n) is 9.24. The second-order valence-electron chi connectivity index (χ2n) is 6.87. The van der Waals surface area contributed by atoms with Crippen LogP contribution in [0.2, 0.25) is 0 Å². The molecule has 0 aromatic rings. The Labute approximate surface area is 133 Å². The van der Waals surface area contributed by atoms with E-state index in [1.165, 1.54) is 51.4 Å². The van der Waals surface area contributed by atoms with Crippen molar-refractivity contribution in [2.24, 2.45) is 11.8 Å². The van der Waals surface area contributed by atoms with Crippen molar-refractivity contribution < 1.29 is 9.53 Å². The fourth-order valence-electron chi connectivity index (χ4n) is 2.50. The van der Waals surface area contributed by atoms with Crippen molar-refractivity contribution in [2.45, 2.75) is 98.3 Å². The summed E-state index contributed by atoms with van der Waals surface area (Å²) in [4.78, 5) is 11.8. The quantitative estimate of drug-likeness (QED) is 0.285. The van der Waals surface area contributed by atoms with E-state index >= 15 is 0 Å². The maximum Gasteiger partial charge on any atom is 0.308 e. The number of esters is 1. The molecule has 0 aromatic heterocycles. The van der Waals surface area contributed by atoms with Crippen LogP contribution in [0.5, 0.6) is 0 Å². The van der Waals surface area contributed by atoms with Crippen LogP contribution >= 0.6 is 0 Å². The highest BCUT2D eigenvalue weighted by Crippen LogP contribution is 2.13. The first-order valence-corrected chi connectivity index (χ1v) is 9.24. The van der Waals surface area contributed by atoms with Crippen LogP contribution in [-0.4, -0.2) is 12.6 Å². The first kappa shape index (κ1) is 20.5. The molecule has 0 aliphatic heterocycles. The molecular weight excluding hydrogens is 260 g/mol. The molecule has 1 atom stereocenters. The summed E-state index contributed by atoms with van der Waals surface area (Å²) in [7, 11) is 0. The van der Waals surface area contributed by atoms with Crippen LogP contribution in [0.4, 0.5) is 0 Å². The Morgan fingerprint density at radius 3 is 2.00 bits per heavy atom. The van der Waals surface area contributed by atoms with Crippen LogP contribution in [0.25, 0.3) is 0 Å². The van der Waals surface area contributed by atoms with E-state index in [-0.39, 0.29) is 11.9 Å². The zero-order chi connectivity index (χ0) is 15.9. The van der Waals surface area contributed by atoms with Crippen molar-refractivity contribution in [3.8, 4) is 0 Å². The lowest BCUT2D eigenvalue weighted by Crippen LogP contribution is -2.15. The molecule has 0 aliphatic carbocycles. The predicted octanol–water partition coefficient (Wildman–Crippen LogP) is 6.13. The highest BCUT2D eigenvalue weighted by molar-refractivity contribution is 5.71. The average molecular weight is 299 g/mol. The van der Waals surface area contributed by atoms with Gasteiger partial charge in [0.2, 0.25) is 0 Å². The van der Waals surface area contributed by atoms with Gasteiger partial charge in [0.1, 0.15) is 0 Å². The summed E-state index contributed by atoms with van der Waals surface area (Å²) in [5.74, 6) is 0.890. The van der Waals surface area contributed by atoms with E-state index in [0.717, 1.165) is 25.2 Å². The molecule has 126 valence electrons. The lowest BCUT2D eigenvalue weighted by Gasteiger charge is -2.11. The zero-order valence-electron chi connectivity index (χ0n) is 15.0. The van der Waals surface area contributed by atoms with Gasteiger partial charge in [-0.3, -0.25) is 4.79 Å². The van der Waals surface area contributed by atoms with Gasteiger partial charge in [-0.2, -0.15) is 0 Å².